The summed E-state index contributed by atoms with van der Waals surface area (Å²) in [7, 11) is 0. The Hall–Kier alpha value is -2.73. The van der Waals surface area contributed by atoms with Crippen LogP contribution in [0, 0.1) is 18.7 Å². The van der Waals surface area contributed by atoms with E-state index in [1.807, 2.05) is 24.3 Å². The number of halogens is 1. The zero-order chi connectivity index (χ0) is 21.1. The van der Waals surface area contributed by atoms with E-state index in [1.165, 1.54) is 36.6 Å². The molecule has 0 unspecified atom stereocenters. The molecule has 6 heteroatoms. The van der Waals surface area contributed by atoms with Gasteiger partial charge in [0.2, 0.25) is 0 Å². The summed E-state index contributed by atoms with van der Waals surface area (Å²) in [6.07, 6.45) is 3.61. The molecule has 0 amide bonds. The van der Waals surface area contributed by atoms with E-state index >= 15 is 0 Å². The monoisotopic (exact) mass is 409 g/mol. The zero-order valence-corrected chi connectivity index (χ0v) is 17.6. The minimum Gasteiger partial charge on any atom is -0.494 e. The molecular weight excluding hydrogens is 381 g/mol. The van der Waals surface area contributed by atoms with Crippen molar-refractivity contribution in [3.8, 4) is 11.4 Å². The molecule has 1 aliphatic rings. The van der Waals surface area contributed by atoms with Gasteiger partial charge in [0, 0.05) is 13.1 Å². The van der Waals surface area contributed by atoms with Crippen LogP contribution in [0.2, 0.25) is 0 Å². The second kappa shape index (κ2) is 8.96. The number of nitrogens with zero attached hydrogens (tertiary/aromatic N) is 3. The summed E-state index contributed by atoms with van der Waals surface area (Å²) in [4.78, 5) is 19.8. The van der Waals surface area contributed by atoms with E-state index in [-0.39, 0.29) is 5.39 Å². The largest absolute Gasteiger partial charge is 0.494 e. The van der Waals surface area contributed by atoms with Crippen LogP contribution in [0.25, 0.3) is 16.6 Å². The average molecular weight is 410 g/mol. The van der Waals surface area contributed by atoms with Gasteiger partial charge in [0.05, 0.1) is 17.8 Å². The lowest BCUT2D eigenvalue weighted by Gasteiger charge is -2.30. The number of likely N-dealkylation sites (tertiary alicyclic amines) is 1. The minimum atomic E-state index is -0.554. The normalized spacial score (nSPS) is 17.4. The van der Waals surface area contributed by atoms with Crippen LogP contribution in [0.5, 0.6) is 5.75 Å². The van der Waals surface area contributed by atoms with Gasteiger partial charge in [-0.25, -0.2) is 9.37 Å². The summed E-state index contributed by atoms with van der Waals surface area (Å²) in [5.41, 5.74) is 0.613. The van der Waals surface area contributed by atoms with E-state index in [4.69, 9.17) is 4.74 Å². The molecular formula is C24H28FN3O2. The summed E-state index contributed by atoms with van der Waals surface area (Å²) >= 11 is 0. The highest BCUT2D eigenvalue weighted by molar-refractivity contribution is 5.78. The highest BCUT2D eigenvalue weighted by Crippen LogP contribution is 2.19. The third kappa shape index (κ3) is 4.38. The van der Waals surface area contributed by atoms with E-state index in [2.05, 4.69) is 16.8 Å². The lowest BCUT2D eigenvalue weighted by atomic mass is 10.0. The summed E-state index contributed by atoms with van der Waals surface area (Å²) < 4.78 is 21.5. The molecule has 4 rings (SSSR count). The van der Waals surface area contributed by atoms with Gasteiger partial charge in [0.25, 0.3) is 5.56 Å². The molecule has 2 heterocycles. The Morgan fingerprint density at radius 3 is 2.77 bits per heavy atom. The van der Waals surface area contributed by atoms with E-state index < -0.39 is 11.4 Å². The molecule has 1 aliphatic heterocycles. The first-order chi connectivity index (χ1) is 14.5. The van der Waals surface area contributed by atoms with Crippen LogP contribution in [-0.2, 0) is 0 Å². The van der Waals surface area contributed by atoms with Gasteiger partial charge in [-0.3, -0.25) is 9.36 Å². The second-order valence-electron chi connectivity index (χ2n) is 8.18. The first-order valence-corrected chi connectivity index (χ1v) is 10.7. The summed E-state index contributed by atoms with van der Waals surface area (Å²) in [5.74, 6) is 1.51. The molecule has 158 valence electrons. The molecule has 0 radical (unpaired) electrons. The molecule has 1 saturated heterocycles. The average Bonchev–Trinajstić information content (AvgIpc) is 2.72. The molecule has 1 aromatic heterocycles. The molecule has 5 nitrogen and oxygen atoms in total. The Bertz CT molecular complexity index is 1080. The van der Waals surface area contributed by atoms with Crippen molar-refractivity contribution in [3.05, 3.63) is 64.5 Å². The molecule has 30 heavy (non-hydrogen) atoms. The molecule has 0 aliphatic carbocycles. The fraction of sp³-hybridized carbons (Fsp3) is 0.417. The Morgan fingerprint density at radius 2 is 2.00 bits per heavy atom. The van der Waals surface area contributed by atoms with Gasteiger partial charge in [-0.15, -0.1) is 0 Å². The highest BCUT2D eigenvalue weighted by atomic mass is 19.1. The number of aryl methyl sites for hydroxylation is 1. The van der Waals surface area contributed by atoms with Crippen molar-refractivity contribution < 1.29 is 9.13 Å². The Balaban J connectivity index is 1.42. The number of rotatable bonds is 6. The Labute approximate surface area is 176 Å². The fourth-order valence-corrected chi connectivity index (χ4v) is 4.26. The molecule has 1 atom stereocenters. The predicted molar refractivity (Wildman–Crippen MR) is 117 cm³/mol. The van der Waals surface area contributed by atoms with Gasteiger partial charge < -0.3 is 9.64 Å². The van der Waals surface area contributed by atoms with Gasteiger partial charge in [-0.2, -0.15) is 0 Å². The maximum atomic E-state index is 14.2. The van der Waals surface area contributed by atoms with Crippen LogP contribution in [0.1, 0.15) is 32.0 Å². The first kappa shape index (κ1) is 20.5. The van der Waals surface area contributed by atoms with E-state index in [9.17, 15) is 9.18 Å². The smallest absolute Gasteiger partial charge is 0.268 e. The van der Waals surface area contributed by atoms with Crippen LogP contribution in [-0.4, -0.2) is 40.7 Å². The quantitative estimate of drug-likeness (QED) is 0.569. The Morgan fingerprint density at radius 1 is 1.20 bits per heavy atom. The van der Waals surface area contributed by atoms with Crippen LogP contribution >= 0.6 is 0 Å². The summed E-state index contributed by atoms with van der Waals surface area (Å²) in [6.45, 7) is 8.16. The fourth-order valence-electron chi connectivity index (χ4n) is 4.26. The number of benzene rings is 2. The van der Waals surface area contributed by atoms with Gasteiger partial charge in [0.1, 0.15) is 22.8 Å². The second-order valence-corrected chi connectivity index (χ2v) is 8.18. The molecule has 0 bridgehead atoms. The van der Waals surface area contributed by atoms with Crippen LogP contribution in [0.3, 0.4) is 0 Å². The van der Waals surface area contributed by atoms with Gasteiger partial charge in [-0.1, -0.05) is 13.0 Å². The molecule has 0 spiro atoms. The highest BCUT2D eigenvalue weighted by Gasteiger charge is 2.16. The first-order valence-electron chi connectivity index (χ1n) is 10.7. The van der Waals surface area contributed by atoms with Crippen molar-refractivity contribution in [1.29, 1.82) is 0 Å². The molecule has 2 aromatic carbocycles. The van der Waals surface area contributed by atoms with Crippen LogP contribution in [0.15, 0.2) is 47.3 Å². The minimum absolute atomic E-state index is 0.00968. The summed E-state index contributed by atoms with van der Waals surface area (Å²) in [6, 6.07) is 11.8. The Kier molecular flexibility index (Phi) is 6.13. The molecule has 3 aromatic rings. The van der Waals surface area contributed by atoms with Gasteiger partial charge in [-0.05, 0) is 75.0 Å². The van der Waals surface area contributed by atoms with Crippen molar-refractivity contribution in [2.75, 3.05) is 26.2 Å². The van der Waals surface area contributed by atoms with E-state index in [0.29, 0.717) is 23.6 Å². The van der Waals surface area contributed by atoms with Crippen LogP contribution in [0.4, 0.5) is 4.39 Å². The third-order valence-electron chi connectivity index (χ3n) is 5.74. The number of aromatic nitrogens is 2. The number of hydrogen-bond donors (Lipinski definition) is 0. The van der Waals surface area contributed by atoms with E-state index in [0.717, 1.165) is 24.6 Å². The number of hydrogen-bond acceptors (Lipinski definition) is 4. The number of piperidine rings is 1. The van der Waals surface area contributed by atoms with Crippen molar-refractivity contribution >= 4 is 10.9 Å². The molecule has 1 fully saturated rings. The molecule has 0 saturated carbocycles. The predicted octanol–water partition coefficient (Wildman–Crippen LogP) is 4.33. The van der Waals surface area contributed by atoms with E-state index in [1.54, 1.807) is 19.1 Å². The van der Waals surface area contributed by atoms with Crippen molar-refractivity contribution in [2.45, 2.75) is 33.1 Å². The third-order valence-corrected chi connectivity index (χ3v) is 5.74. The maximum absolute atomic E-state index is 14.2. The van der Waals surface area contributed by atoms with Crippen molar-refractivity contribution in [3.63, 3.8) is 0 Å². The SMILES string of the molecule is Cc1nc2cccc(F)c2c(=O)n1-c1ccc(OCCCN2CCC[C@H](C)C2)cc1. The maximum Gasteiger partial charge on any atom is 0.268 e. The zero-order valence-electron chi connectivity index (χ0n) is 17.6. The van der Waals surface area contributed by atoms with Crippen molar-refractivity contribution in [2.24, 2.45) is 5.92 Å². The standard InChI is InChI=1S/C24H28FN3O2/c1-17-6-4-13-27(16-17)14-5-15-30-20-11-9-19(10-12-20)28-18(2)26-22-8-3-7-21(25)23(22)24(28)29/h3,7-12,17H,4-6,13-16H2,1-2H3/t17-/m0/s1. The topological polar surface area (TPSA) is 47.4 Å². The lowest BCUT2D eigenvalue weighted by Crippen LogP contribution is -2.35. The van der Waals surface area contributed by atoms with Crippen molar-refractivity contribution in [1.82, 2.24) is 14.5 Å². The lowest BCUT2D eigenvalue weighted by molar-refractivity contribution is 0.170. The van der Waals surface area contributed by atoms with Crippen LogP contribution < -0.4 is 10.3 Å². The summed E-state index contributed by atoms with van der Waals surface area (Å²) in [5, 5.41) is 0.00968. The number of ether oxygens (including phenoxy) is 1. The van der Waals surface area contributed by atoms with Gasteiger partial charge >= 0.3 is 0 Å². The molecule has 0 N–H and O–H groups in total. The number of fused-ring (bicyclic) bond motifs is 1. The van der Waals surface area contributed by atoms with Gasteiger partial charge in [0.15, 0.2) is 0 Å².